The molecule has 0 fully saturated rings. The van der Waals surface area contributed by atoms with E-state index in [0.29, 0.717) is 19.3 Å². The molecule has 0 radical (unpaired) electrons. The summed E-state index contributed by atoms with van der Waals surface area (Å²) in [5.41, 5.74) is 0. The Balaban J connectivity index is 4.56. The van der Waals surface area contributed by atoms with Gasteiger partial charge < -0.3 is 14.2 Å². The quantitative estimate of drug-likeness (QED) is 0.0265. The van der Waals surface area contributed by atoms with Crippen LogP contribution in [0.3, 0.4) is 0 Å². The molecule has 0 bridgehead atoms. The van der Waals surface area contributed by atoms with Crippen molar-refractivity contribution in [3.8, 4) is 0 Å². The van der Waals surface area contributed by atoms with Crippen molar-refractivity contribution in [1.82, 2.24) is 0 Å². The summed E-state index contributed by atoms with van der Waals surface area (Å²) >= 11 is 0. The van der Waals surface area contributed by atoms with Crippen LogP contribution in [-0.2, 0) is 28.6 Å². The van der Waals surface area contributed by atoms with Crippen molar-refractivity contribution in [3.63, 3.8) is 0 Å². The van der Waals surface area contributed by atoms with Gasteiger partial charge in [-0.05, 0) is 77.0 Å². The number of rotatable bonds is 40. The van der Waals surface area contributed by atoms with E-state index in [1.165, 1.54) is 32.1 Å². The van der Waals surface area contributed by atoms with Gasteiger partial charge >= 0.3 is 17.9 Å². The summed E-state index contributed by atoms with van der Waals surface area (Å²) in [6.07, 6.45) is 67.1. The molecule has 0 rings (SSSR count). The molecule has 0 amide bonds. The highest BCUT2D eigenvalue weighted by molar-refractivity contribution is 5.71. The van der Waals surface area contributed by atoms with E-state index in [0.717, 1.165) is 103 Å². The molecule has 0 aliphatic rings. The lowest BCUT2D eigenvalue weighted by molar-refractivity contribution is -0.167. The second-order valence-electron chi connectivity index (χ2n) is 15.1. The highest BCUT2D eigenvalue weighted by Crippen LogP contribution is 2.12. The van der Waals surface area contributed by atoms with E-state index in [-0.39, 0.29) is 31.1 Å². The average Bonchev–Trinajstić information content (AvgIpc) is 3.26. The molecule has 0 saturated carbocycles. The Morgan fingerprint density at radius 2 is 0.639 bits per heavy atom. The number of ether oxygens (including phenoxy) is 3. The minimum Gasteiger partial charge on any atom is -0.462 e. The second-order valence-corrected chi connectivity index (χ2v) is 15.1. The van der Waals surface area contributed by atoms with E-state index in [4.69, 9.17) is 14.2 Å². The van der Waals surface area contributed by atoms with Crippen LogP contribution in [0.1, 0.15) is 175 Å². The Labute approximate surface area is 373 Å². The first-order valence-corrected chi connectivity index (χ1v) is 23.8. The van der Waals surface area contributed by atoms with Crippen LogP contribution in [0.15, 0.2) is 134 Å². The van der Waals surface area contributed by atoms with Crippen molar-refractivity contribution in [2.45, 2.75) is 181 Å². The third-order valence-electron chi connectivity index (χ3n) is 9.37. The number of allylic oxidation sites excluding steroid dienone is 22. The second kappa shape index (κ2) is 48.2. The van der Waals surface area contributed by atoms with Crippen molar-refractivity contribution >= 4 is 17.9 Å². The molecule has 340 valence electrons. The first-order valence-electron chi connectivity index (χ1n) is 23.8. The van der Waals surface area contributed by atoms with Gasteiger partial charge in [0, 0.05) is 19.3 Å². The van der Waals surface area contributed by atoms with Crippen LogP contribution in [0.2, 0.25) is 0 Å². The summed E-state index contributed by atoms with van der Waals surface area (Å²) in [5.74, 6) is -1.01. The van der Waals surface area contributed by atoms with E-state index in [2.05, 4.69) is 93.7 Å². The number of hydrogen-bond acceptors (Lipinski definition) is 6. The van der Waals surface area contributed by atoms with E-state index < -0.39 is 6.10 Å². The fourth-order valence-corrected chi connectivity index (χ4v) is 5.80. The number of unbranched alkanes of at least 4 members (excludes halogenated alkanes) is 15. The average molecular weight is 841 g/mol. The molecule has 0 heterocycles. The van der Waals surface area contributed by atoms with Gasteiger partial charge in [0.2, 0.25) is 0 Å². The standard InChI is InChI=1S/C55H84O6/c1-4-7-10-13-16-19-22-24-26-27-29-30-33-36-39-42-45-48-54(57)60-51-52(50-59-53(56)47-44-41-38-35-32-21-18-15-12-9-6-3)61-55(58)49-46-43-40-37-34-31-28-25-23-20-17-14-11-8-5-2/h7-8,10-11,13-24,26-27,29-30,32-33,52H,4-6,9,12,25,28,31,34-51H2,1-3H3/b10-7-,11-8-,16-13-,17-14-,18-15-,22-19-,23-20-,26-24-,29-27+,32-21-,33-30-. The Hall–Kier alpha value is -4.45. The van der Waals surface area contributed by atoms with Crippen LogP contribution in [-0.4, -0.2) is 37.2 Å². The highest BCUT2D eigenvalue weighted by atomic mass is 16.6. The molecule has 1 atom stereocenters. The molecule has 0 aromatic rings. The largest absolute Gasteiger partial charge is 0.462 e. The number of carbonyl (C=O) groups excluding carboxylic acids is 3. The summed E-state index contributed by atoms with van der Waals surface area (Å²) in [4.78, 5) is 37.8. The molecule has 0 N–H and O–H groups in total. The van der Waals surface area contributed by atoms with E-state index in [1.807, 2.05) is 60.8 Å². The normalized spacial score (nSPS) is 13.3. The fourth-order valence-electron chi connectivity index (χ4n) is 5.80. The van der Waals surface area contributed by atoms with E-state index >= 15 is 0 Å². The molecule has 0 aromatic heterocycles. The van der Waals surface area contributed by atoms with Gasteiger partial charge in [0.15, 0.2) is 6.10 Å². The molecule has 0 spiro atoms. The van der Waals surface area contributed by atoms with Gasteiger partial charge in [0.1, 0.15) is 13.2 Å². The van der Waals surface area contributed by atoms with Crippen molar-refractivity contribution in [2.24, 2.45) is 0 Å². The Morgan fingerprint density at radius 3 is 1.03 bits per heavy atom. The Kier molecular flexibility index (Phi) is 44.7. The predicted octanol–water partition coefficient (Wildman–Crippen LogP) is 15.5. The van der Waals surface area contributed by atoms with Gasteiger partial charge in [-0.15, -0.1) is 0 Å². The summed E-state index contributed by atoms with van der Waals surface area (Å²) in [6.45, 7) is 6.20. The van der Waals surface area contributed by atoms with Crippen LogP contribution in [0.5, 0.6) is 0 Å². The van der Waals surface area contributed by atoms with Gasteiger partial charge in [0.05, 0.1) is 0 Å². The van der Waals surface area contributed by atoms with Crippen molar-refractivity contribution in [2.75, 3.05) is 13.2 Å². The topological polar surface area (TPSA) is 78.9 Å². The lowest BCUT2D eigenvalue weighted by atomic mass is 10.1. The molecule has 0 saturated heterocycles. The van der Waals surface area contributed by atoms with Crippen molar-refractivity contribution < 1.29 is 28.6 Å². The lowest BCUT2D eigenvalue weighted by Crippen LogP contribution is -2.30. The molecule has 0 aliphatic heterocycles. The Morgan fingerprint density at radius 1 is 0.344 bits per heavy atom. The van der Waals surface area contributed by atoms with Gasteiger partial charge in [-0.25, -0.2) is 0 Å². The SMILES string of the molecule is CC\C=C/C=C\C=C/C=C\C=C\C=C/CCCCCC(=O)OCC(COC(=O)CCCCC/C=C\C=C/CCCC)OC(=O)CCCCCCCCC\C=C/C=C\C=C/CC. The minimum atomic E-state index is -0.817. The van der Waals surface area contributed by atoms with Gasteiger partial charge in [-0.3, -0.25) is 14.4 Å². The molecule has 6 heteroatoms. The molecule has 0 aromatic carbocycles. The van der Waals surface area contributed by atoms with Crippen molar-refractivity contribution in [3.05, 3.63) is 134 Å². The van der Waals surface area contributed by atoms with Crippen LogP contribution in [0.4, 0.5) is 0 Å². The molecule has 0 aliphatic carbocycles. The summed E-state index contributed by atoms with van der Waals surface area (Å²) < 4.78 is 16.7. The number of carbonyl (C=O) groups is 3. The molecule has 61 heavy (non-hydrogen) atoms. The van der Waals surface area contributed by atoms with Gasteiger partial charge in [0.25, 0.3) is 0 Å². The predicted molar refractivity (Wildman–Crippen MR) is 260 cm³/mol. The number of esters is 3. The maximum atomic E-state index is 12.8. The maximum Gasteiger partial charge on any atom is 0.306 e. The van der Waals surface area contributed by atoms with E-state index in [9.17, 15) is 14.4 Å². The zero-order chi connectivity index (χ0) is 44.4. The summed E-state index contributed by atoms with van der Waals surface area (Å²) in [6, 6.07) is 0. The minimum absolute atomic E-state index is 0.117. The summed E-state index contributed by atoms with van der Waals surface area (Å²) in [5, 5.41) is 0. The van der Waals surface area contributed by atoms with Crippen molar-refractivity contribution in [1.29, 1.82) is 0 Å². The maximum absolute atomic E-state index is 12.8. The third-order valence-corrected chi connectivity index (χ3v) is 9.37. The smallest absolute Gasteiger partial charge is 0.306 e. The van der Waals surface area contributed by atoms with Crippen LogP contribution >= 0.6 is 0 Å². The van der Waals surface area contributed by atoms with E-state index in [1.54, 1.807) is 0 Å². The van der Waals surface area contributed by atoms with Crippen LogP contribution in [0.25, 0.3) is 0 Å². The summed E-state index contributed by atoms with van der Waals surface area (Å²) in [7, 11) is 0. The first kappa shape index (κ1) is 56.5. The fraction of sp³-hybridized carbons (Fsp3) is 0.545. The van der Waals surface area contributed by atoms with Gasteiger partial charge in [-0.1, -0.05) is 212 Å². The van der Waals surface area contributed by atoms with Gasteiger partial charge in [-0.2, -0.15) is 0 Å². The molecular weight excluding hydrogens is 757 g/mol. The Bertz CT molecular complexity index is 1380. The monoisotopic (exact) mass is 841 g/mol. The zero-order valence-electron chi connectivity index (χ0n) is 38.6. The highest BCUT2D eigenvalue weighted by Gasteiger charge is 2.19. The van der Waals surface area contributed by atoms with Crippen LogP contribution < -0.4 is 0 Å². The number of hydrogen-bond donors (Lipinski definition) is 0. The molecule has 1 unspecified atom stereocenters. The first-order chi connectivity index (χ1) is 30.0. The zero-order valence-corrected chi connectivity index (χ0v) is 38.6. The lowest BCUT2D eigenvalue weighted by Gasteiger charge is -2.18. The molecule has 6 nitrogen and oxygen atoms in total. The third kappa shape index (κ3) is 46.5. The molecular formula is C55H84O6. The van der Waals surface area contributed by atoms with Crippen LogP contribution in [0, 0.1) is 0 Å².